The molecule has 0 bridgehead atoms. The second-order valence-corrected chi connectivity index (χ2v) is 8.19. The number of thioether (sulfide) groups is 1. The molecule has 0 spiro atoms. The van der Waals surface area contributed by atoms with Crippen LogP contribution in [-0.4, -0.2) is 18.9 Å². The lowest BCUT2D eigenvalue weighted by molar-refractivity contribution is -0.120. The largest absolute Gasteiger partial charge is 0.495 e. The zero-order valence-electron chi connectivity index (χ0n) is 17.5. The first-order valence-corrected chi connectivity index (χ1v) is 10.6. The highest BCUT2D eigenvalue weighted by molar-refractivity contribution is 8.04. The second kappa shape index (κ2) is 8.70. The molecule has 1 aliphatic rings. The van der Waals surface area contributed by atoms with Crippen molar-refractivity contribution < 1.29 is 14.3 Å². The fourth-order valence-corrected chi connectivity index (χ4v) is 4.35. The summed E-state index contributed by atoms with van der Waals surface area (Å²) < 4.78 is 5.42. The van der Waals surface area contributed by atoms with Gasteiger partial charge in [-0.15, -0.1) is 0 Å². The molecule has 0 saturated heterocycles. The third-order valence-electron chi connectivity index (χ3n) is 5.19. The van der Waals surface area contributed by atoms with Gasteiger partial charge >= 0.3 is 0 Å². The van der Waals surface area contributed by atoms with Crippen LogP contribution in [0.5, 0.6) is 5.75 Å². The van der Waals surface area contributed by atoms with Gasteiger partial charge in [0.15, 0.2) is 0 Å². The number of rotatable bonds is 6. The summed E-state index contributed by atoms with van der Waals surface area (Å²) in [5.41, 5.74) is 3.37. The van der Waals surface area contributed by atoms with Crippen LogP contribution in [0.25, 0.3) is 0 Å². The van der Waals surface area contributed by atoms with Gasteiger partial charge in [0.05, 0.1) is 18.5 Å². The Labute approximate surface area is 185 Å². The third-order valence-corrected chi connectivity index (χ3v) is 6.28. The molecule has 0 saturated carbocycles. The third kappa shape index (κ3) is 3.94. The van der Waals surface area contributed by atoms with Crippen molar-refractivity contribution in [3.63, 3.8) is 0 Å². The lowest BCUT2D eigenvalue weighted by Gasteiger charge is -2.19. The van der Waals surface area contributed by atoms with Crippen LogP contribution in [0.3, 0.4) is 0 Å². The van der Waals surface area contributed by atoms with Gasteiger partial charge in [-0.1, -0.05) is 54.2 Å². The van der Waals surface area contributed by atoms with Gasteiger partial charge in [-0.2, -0.15) is 0 Å². The van der Waals surface area contributed by atoms with Crippen LogP contribution in [0.2, 0.25) is 0 Å². The Morgan fingerprint density at radius 1 is 0.839 bits per heavy atom. The molecule has 3 aromatic carbocycles. The summed E-state index contributed by atoms with van der Waals surface area (Å²) in [6, 6.07) is 22.5. The van der Waals surface area contributed by atoms with Crippen molar-refractivity contribution in [1.82, 2.24) is 0 Å². The van der Waals surface area contributed by atoms with E-state index in [1.807, 2.05) is 74.5 Å². The van der Waals surface area contributed by atoms with E-state index < -0.39 is 0 Å². The molecule has 156 valence electrons. The maximum Gasteiger partial charge on any atom is 0.283 e. The van der Waals surface area contributed by atoms with E-state index in [1.165, 1.54) is 16.7 Å². The highest BCUT2D eigenvalue weighted by atomic mass is 32.2. The fraction of sp³-hybridized carbons (Fsp3) is 0.120. The molecule has 31 heavy (non-hydrogen) atoms. The topological polar surface area (TPSA) is 58.6 Å². The number of carbonyl (C=O) groups is 2. The van der Waals surface area contributed by atoms with E-state index in [9.17, 15) is 9.59 Å². The number of anilines is 2. The zero-order valence-corrected chi connectivity index (χ0v) is 18.3. The number of imide groups is 1. The molecule has 0 radical (unpaired) electrons. The van der Waals surface area contributed by atoms with Gasteiger partial charge in [-0.3, -0.25) is 9.59 Å². The van der Waals surface area contributed by atoms with Gasteiger partial charge in [-0.25, -0.2) is 4.90 Å². The Morgan fingerprint density at radius 2 is 1.55 bits per heavy atom. The molecule has 3 aromatic rings. The van der Waals surface area contributed by atoms with Gasteiger partial charge in [0.1, 0.15) is 16.4 Å². The van der Waals surface area contributed by atoms with Crippen LogP contribution in [0.1, 0.15) is 11.1 Å². The SMILES string of the molecule is COc1ccccc1NC1=C(Sc2ccccc2)C(=O)N(c2cccc(C)c2C)C1=O. The van der Waals surface area contributed by atoms with Gasteiger partial charge in [0.2, 0.25) is 0 Å². The van der Waals surface area contributed by atoms with Gasteiger partial charge in [0, 0.05) is 4.90 Å². The molecule has 5 nitrogen and oxygen atoms in total. The van der Waals surface area contributed by atoms with Gasteiger partial charge < -0.3 is 10.1 Å². The van der Waals surface area contributed by atoms with Gasteiger partial charge in [-0.05, 0) is 55.3 Å². The Bertz CT molecular complexity index is 1190. The van der Waals surface area contributed by atoms with Crippen LogP contribution in [-0.2, 0) is 9.59 Å². The molecule has 6 heteroatoms. The molecule has 1 heterocycles. The van der Waals surface area contributed by atoms with E-state index in [1.54, 1.807) is 19.2 Å². The second-order valence-electron chi connectivity index (χ2n) is 7.11. The monoisotopic (exact) mass is 430 g/mol. The summed E-state index contributed by atoms with van der Waals surface area (Å²) in [5, 5.41) is 3.17. The smallest absolute Gasteiger partial charge is 0.283 e. The number of benzene rings is 3. The molecule has 0 fully saturated rings. The number of hydrogen-bond donors (Lipinski definition) is 1. The summed E-state index contributed by atoms with van der Waals surface area (Å²) >= 11 is 1.28. The predicted octanol–water partition coefficient (Wildman–Crippen LogP) is 5.30. The van der Waals surface area contributed by atoms with Crippen LogP contribution >= 0.6 is 11.8 Å². The summed E-state index contributed by atoms with van der Waals surface area (Å²) in [6.07, 6.45) is 0. The minimum absolute atomic E-state index is 0.240. The normalized spacial score (nSPS) is 13.7. The summed E-state index contributed by atoms with van der Waals surface area (Å²) in [4.78, 5) is 29.5. The summed E-state index contributed by atoms with van der Waals surface area (Å²) in [6.45, 7) is 3.88. The molecular weight excluding hydrogens is 408 g/mol. The number of amides is 2. The molecule has 1 aliphatic heterocycles. The fourth-order valence-electron chi connectivity index (χ4n) is 3.40. The molecule has 0 atom stereocenters. The van der Waals surface area contributed by atoms with Crippen molar-refractivity contribution in [2.24, 2.45) is 0 Å². The van der Waals surface area contributed by atoms with Crippen molar-refractivity contribution in [3.05, 3.63) is 94.5 Å². The Kier molecular flexibility index (Phi) is 5.82. The lowest BCUT2D eigenvalue weighted by atomic mass is 10.1. The first kappa shape index (κ1) is 20.8. The number of carbonyl (C=O) groups excluding carboxylic acids is 2. The van der Waals surface area contributed by atoms with Crippen molar-refractivity contribution >= 4 is 35.0 Å². The Hall–Kier alpha value is -3.51. The van der Waals surface area contributed by atoms with E-state index >= 15 is 0 Å². The molecule has 2 amide bonds. The molecule has 0 aliphatic carbocycles. The first-order valence-electron chi connectivity index (χ1n) is 9.83. The summed E-state index contributed by atoms with van der Waals surface area (Å²) in [5.74, 6) is -0.141. The molecule has 4 rings (SSSR count). The average molecular weight is 431 g/mol. The number of nitrogens with zero attached hydrogens (tertiary/aromatic N) is 1. The quantitative estimate of drug-likeness (QED) is 0.538. The standard InChI is InChI=1S/C25H22N2O3S/c1-16-10-9-14-20(17(16)2)27-24(28)22(26-19-13-7-8-15-21(19)30-3)23(25(27)29)31-18-11-5-4-6-12-18/h4-15,26H,1-3H3. The molecule has 1 N–H and O–H groups in total. The van der Waals surface area contributed by atoms with E-state index in [0.29, 0.717) is 22.0 Å². The van der Waals surface area contributed by atoms with E-state index in [-0.39, 0.29) is 17.5 Å². The number of aryl methyl sites for hydroxylation is 1. The number of methoxy groups -OCH3 is 1. The Balaban J connectivity index is 1.80. The van der Waals surface area contributed by atoms with Crippen LogP contribution in [0.4, 0.5) is 11.4 Å². The maximum atomic E-state index is 13.5. The zero-order chi connectivity index (χ0) is 22.0. The molecule has 0 unspecified atom stereocenters. The van der Waals surface area contributed by atoms with Gasteiger partial charge in [0.25, 0.3) is 11.8 Å². The number of hydrogen-bond acceptors (Lipinski definition) is 5. The van der Waals surface area contributed by atoms with E-state index in [0.717, 1.165) is 16.0 Å². The van der Waals surface area contributed by atoms with Crippen molar-refractivity contribution in [2.75, 3.05) is 17.3 Å². The van der Waals surface area contributed by atoms with Crippen molar-refractivity contribution in [2.45, 2.75) is 18.7 Å². The van der Waals surface area contributed by atoms with Crippen molar-refractivity contribution in [3.8, 4) is 5.75 Å². The Morgan fingerprint density at radius 3 is 2.29 bits per heavy atom. The summed E-state index contributed by atoms with van der Waals surface area (Å²) in [7, 11) is 1.57. The van der Waals surface area contributed by atoms with Crippen LogP contribution in [0.15, 0.2) is 88.3 Å². The molecule has 0 aromatic heterocycles. The predicted molar refractivity (Wildman–Crippen MR) is 124 cm³/mol. The van der Waals surface area contributed by atoms with Crippen LogP contribution < -0.4 is 15.0 Å². The number of nitrogens with one attached hydrogen (secondary N) is 1. The number of para-hydroxylation sites is 2. The average Bonchev–Trinajstić information content (AvgIpc) is 3.01. The van der Waals surface area contributed by atoms with E-state index in [2.05, 4.69) is 5.32 Å². The van der Waals surface area contributed by atoms with E-state index in [4.69, 9.17) is 4.74 Å². The lowest BCUT2D eigenvalue weighted by Crippen LogP contribution is -2.33. The minimum atomic E-state index is -0.386. The maximum absolute atomic E-state index is 13.5. The van der Waals surface area contributed by atoms with Crippen molar-refractivity contribution in [1.29, 1.82) is 0 Å². The molecular formula is C25H22N2O3S. The van der Waals surface area contributed by atoms with Crippen LogP contribution in [0, 0.1) is 13.8 Å². The minimum Gasteiger partial charge on any atom is -0.495 e. The number of ether oxygens (including phenoxy) is 1. The highest BCUT2D eigenvalue weighted by Gasteiger charge is 2.41. The first-order chi connectivity index (χ1) is 15.0. The highest BCUT2D eigenvalue weighted by Crippen LogP contribution is 2.39.